The Morgan fingerprint density at radius 3 is 2.87 bits per heavy atom. The standard InChI is InChI=1S/C16H19N3O4/c1-22-8-4-7-17-16-18-10-13(15(20)21)14(19-16)11-5-3-6-12(9-11)23-2/h3,5-6,9-10H,4,7-8H2,1-2H3,(H,20,21)(H,17,18,19). The summed E-state index contributed by atoms with van der Waals surface area (Å²) in [4.78, 5) is 19.8. The van der Waals surface area contributed by atoms with Crippen molar-refractivity contribution in [1.29, 1.82) is 0 Å². The summed E-state index contributed by atoms with van der Waals surface area (Å²) in [7, 11) is 3.19. The van der Waals surface area contributed by atoms with Crippen LogP contribution in [0.5, 0.6) is 5.75 Å². The summed E-state index contributed by atoms with van der Waals surface area (Å²) in [6.07, 6.45) is 2.11. The highest BCUT2D eigenvalue weighted by molar-refractivity contribution is 5.94. The van der Waals surface area contributed by atoms with Gasteiger partial charge in [0.2, 0.25) is 5.95 Å². The molecule has 0 saturated carbocycles. The van der Waals surface area contributed by atoms with Gasteiger partial charge in [0.15, 0.2) is 0 Å². The molecule has 2 aromatic rings. The highest BCUT2D eigenvalue weighted by Gasteiger charge is 2.15. The van der Waals surface area contributed by atoms with Crippen LogP contribution in [0.1, 0.15) is 16.8 Å². The first-order chi connectivity index (χ1) is 11.2. The largest absolute Gasteiger partial charge is 0.497 e. The lowest BCUT2D eigenvalue weighted by atomic mass is 10.1. The highest BCUT2D eigenvalue weighted by Crippen LogP contribution is 2.26. The monoisotopic (exact) mass is 317 g/mol. The van der Waals surface area contributed by atoms with Crippen LogP contribution in [0, 0.1) is 0 Å². The second-order valence-electron chi connectivity index (χ2n) is 4.77. The Labute approximate surface area is 134 Å². The van der Waals surface area contributed by atoms with E-state index in [0.29, 0.717) is 36.1 Å². The van der Waals surface area contributed by atoms with E-state index in [2.05, 4.69) is 15.3 Å². The molecule has 0 atom stereocenters. The molecule has 0 unspecified atom stereocenters. The third-order valence-electron chi connectivity index (χ3n) is 3.17. The van der Waals surface area contributed by atoms with Crippen molar-refractivity contribution >= 4 is 11.9 Å². The Bertz CT molecular complexity index is 676. The van der Waals surface area contributed by atoms with E-state index in [4.69, 9.17) is 9.47 Å². The number of aromatic nitrogens is 2. The number of carboxylic acids is 1. The third kappa shape index (κ3) is 4.40. The van der Waals surface area contributed by atoms with Crippen LogP contribution >= 0.6 is 0 Å². The van der Waals surface area contributed by atoms with Gasteiger partial charge in [0.05, 0.1) is 12.8 Å². The Morgan fingerprint density at radius 2 is 2.17 bits per heavy atom. The van der Waals surface area contributed by atoms with E-state index in [1.54, 1.807) is 38.5 Å². The van der Waals surface area contributed by atoms with Crippen molar-refractivity contribution in [3.63, 3.8) is 0 Å². The number of carboxylic acid groups (broad SMARTS) is 1. The number of nitrogens with zero attached hydrogens (tertiary/aromatic N) is 2. The van der Waals surface area contributed by atoms with E-state index in [1.807, 2.05) is 0 Å². The molecule has 7 nitrogen and oxygen atoms in total. The molecule has 7 heteroatoms. The molecule has 122 valence electrons. The van der Waals surface area contributed by atoms with Crippen molar-refractivity contribution in [3.05, 3.63) is 36.0 Å². The number of hydrogen-bond acceptors (Lipinski definition) is 6. The summed E-state index contributed by atoms with van der Waals surface area (Å²) < 4.78 is 10.2. The van der Waals surface area contributed by atoms with Crippen molar-refractivity contribution in [2.24, 2.45) is 0 Å². The van der Waals surface area contributed by atoms with Gasteiger partial charge in [0.1, 0.15) is 11.3 Å². The predicted octanol–water partition coefficient (Wildman–Crippen LogP) is 2.30. The normalized spacial score (nSPS) is 10.3. The molecule has 0 fully saturated rings. The first-order valence-corrected chi connectivity index (χ1v) is 7.13. The maximum absolute atomic E-state index is 11.4. The maximum atomic E-state index is 11.4. The van der Waals surface area contributed by atoms with Crippen LogP contribution in [0.3, 0.4) is 0 Å². The minimum Gasteiger partial charge on any atom is -0.497 e. The zero-order valence-electron chi connectivity index (χ0n) is 13.1. The van der Waals surface area contributed by atoms with E-state index in [9.17, 15) is 9.90 Å². The molecule has 0 aliphatic rings. The molecular formula is C16H19N3O4. The molecule has 2 N–H and O–H groups in total. The summed E-state index contributed by atoms with van der Waals surface area (Å²) in [5.41, 5.74) is 1.05. The summed E-state index contributed by atoms with van der Waals surface area (Å²) in [6, 6.07) is 7.10. The minimum atomic E-state index is -1.08. The van der Waals surface area contributed by atoms with Gasteiger partial charge in [-0.05, 0) is 18.6 Å². The number of nitrogens with one attached hydrogen (secondary N) is 1. The fourth-order valence-corrected chi connectivity index (χ4v) is 2.03. The lowest BCUT2D eigenvalue weighted by molar-refractivity contribution is 0.0697. The molecule has 2 rings (SSSR count). The second kappa shape index (κ2) is 8.09. The topological polar surface area (TPSA) is 93.6 Å². The molecule has 0 aliphatic carbocycles. The van der Waals surface area contributed by atoms with Gasteiger partial charge < -0.3 is 19.9 Å². The molecule has 0 bridgehead atoms. The van der Waals surface area contributed by atoms with Crippen LogP contribution in [-0.4, -0.2) is 48.4 Å². The van der Waals surface area contributed by atoms with Crippen LogP contribution in [0.15, 0.2) is 30.5 Å². The molecular weight excluding hydrogens is 298 g/mol. The lowest BCUT2D eigenvalue weighted by Crippen LogP contribution is -2.10. The Hall–Kier alpha value is -2.67. The van der Waals surface area contributed by atoms with Gasteiger partial charge in [0, 0.05) is 32.0 Å². The van der Waals surface area contributed by atoms with Crippen LogP contribution in [-0.2, 0) is 4.74 Å². The zero-order chi connectivity index (χ0) is 16.7. The van der Waals surface area contributed by atoms with Crippen molar-refractivity contribution < 1.29 is 19.4 Å². The Kier molecular flexibility index (Phi) is 5.87. The SMILES string of the molecule is COCCCNc1ncc(C(=O)O)c(-c2cccc(OC)c2)n1. The smallest absolute Gasteiger partial charge is 0.339 e. The quantitative estimate of drug-likeness (QED) is 0.721. The average Bonchev–Trinajstić information content (AvgIpc) is 2.58. The van der Waals surface area contributed by atoms with Crippen molar-refractivity contribution in [2.45, 2.75) is 6.42 Å². The van der Waals surface area contributed by atoms with E-state index >= 15 is 0 Å². The number of aromatic carboxylic acids is 1. The molecule has 0 radical (unpaired) electrons. The number of ether oxygens (including phenoxy) is 2. The number of rotatable bonds is 8. The Balaban J connectivity index is 2.32. The maximum Gasteiger partial charge on any atom is 0.339 e. The van der Waals surface area contributed by atoms with Crippen LogP contribution in [0.4, 0.5) is 5.95 Å². The highest BCUT2D eigenvalue weighted by atomic mass is 16.5. The number of carbonyl (C=O) groups is 1. The van der Waals surface area contributed by atoms with Crippen molar-refractivity contribution in [1.82, 2.24) is 9.97 Å². The summed E-state index contributed by atoms with van der Waals surface area (Å²) in [5.74, 6) is -0.0651. The molecule has 1 heterocycles. The van der Waals surface area contributed by atoms with Crippen molar-refractivity contribution in [2.75, 3.05) is 32.7 Å². The van der Waals surface area contributed by atoms with Gasteiger partial charge in [-0.3, -0.25) is 0 Å². The van der Waals surface area contributed by atoms with Gasteiger partial charge in [-0.25, -0.2) is 14.8 Å². The zero-order valence-corrected chi connectivity index (χ0v) is 13.1. The van der Waals surface area contributed by atoms with Gasteiger partial charge in [-0.2, -0.15) is 0 Å². The molecule has 0 spiro atoms. The van der Waals surface area contributed by atoms with Gasteiger partial charge >= 0.3 is 5.97 Å². The van der Waals surface area contributed by atoms with Crippen LogP contribution < -0.4 is 10.1 Å². The van der Waals surface area contributed by atoms with Gasteiger partial charge in [-0.1, -0.05) is 12.1 Å². The molecule has 0 aliphatic heterocycles. The van der Waals surface area contributed by atoms with E-state index in [1.165, 1.54) is 6.20 Å². The summed E-state index contributed by atoms with van der Waals surface area (Å²) >= 11 is 0. The second-order valence-corrected chi connectivity index (χ2v) is 4.77. The number of anilines is 1. The molecule has 23 heavy (non-hydrogen) atoms. The van der Waals surface area contributed by atoms with E-state index in [0.717, 1.165) is 6.42 Å². The average molecular weight is 317 g/mol. The molecule has 1 aromatic heterocycles. The molecule has 0 amide bonds. The number of benzene rings is 1. The van der Waals surface area contributed by atoms with Crippen LogP contribution in [0.2, 0.25) is 0 Å². The third-order valence-corrected chi connectivity index (χ3v) is 3.17. The summed E-state index contributed by atoms with van der Waals surface area (Å²) in [5, 5.41) is 12.4. The molecule has 1 aromatic carbocycles. The van der Waals surface area contributed by atoms with Gasteiger partial charge in [-0.15, -0.1) is 0 Å². The number of hydrogen-bond donors (Lipinski definition) is 2. The fraction of sp³-hybridized carbons (Fsp3) is 0.312. The summed E-state index contributed by atoms with van der Waals surface area (Å²) in [6.45, 7) is 1.26. The number of methoxy groups -OCH3 is 2. The Morgan fingerprint density at radius 1 is 1.35 bits per heavy atom. The van der Waals surface area contributed by atoms with Crippen LogP contribution in [0.25, 0.3) is 11.3 Å². The predicted molar refractivity (Wildman–Crippen MR) is 86.0 cm³/mol. The first-order valence-electron chi connectivity index (χ1n) is 7.13. The lowest BCUT2D eigenvalue weighted by Gasteiger charge is -2.10. The van der Waals surface area contributed by atoms with E-state index < -0.39 is 5.97 Å². The van der Waals surface area contributed by atoms with Gasteiger partial charge in [0.25, 0.3) is 0 Å². The minimum absolute atomic E-state index is 0.0423. The van der Waals surface area contributed by atoms with E-state index in [-0.39, 0.29) is 5.56 Å². The molecule has 0 saturated heterocycles. The fourth-order valence-electron chi connectivity index (χ4n) is 2.03. The first kappa shape index (κ1) is 16.7. The van der Waals surface area contributed by atoms with Crippen molar-refractivity contribution in [3.8, 4) is 17.0 Å².